The summed E-state index contributed by atoms with van der Waals surface area (Å²) in [6, 6.07) is 0. The summed E-state index contributed by atoms with van der Waals surface area (Å²) in [5.41, 5.74) is 2.48. The number of aliphatic carboxylic acids is 1. The van der Waals surface area contributed by atoms with E-state index in [2.05, 4.69) is 22.6 Å². The van der Waals surface area contributed by atoms with Gasteiger partial charge in [-0.05, 0) is 30.7 Å². The first-order valence-corrected chi connectivity index (χ1v) is 8.39. The summed E-state index contributed by atoms with van der Waals surface area (Å²) in [6.45, 7) is 2.24. The Kier molecular flexibility index (Phi) is 4.42. The third-order valence-corrected chi connectivity index (χ3v) is 5.01. The Labute approximate surface area is 137 Å². The fraction of sp³-hybridized carbons (Fsp3) is 0.467. The zero-order chi connectivity index (χ0) is 16.4. The van der Waals surface area contributed by atoms with Gasteiger partial charge in [-0.2, -0.15) is 0 Å². The van der Waals surface area contributed by atoms with E-state index in [-0.39, 0.29) is 19.0 Å². The van der Waals surface area contributed by atoms with E-state index in [9.17, 15) is 9.59 Å². The molecular weight excluding hydrogens is 316 g/mol. The lowest BCUT2D eigenvalue weighted by Gasteiger charge is -2.18. The van der Waals surface area contributed by atoms with E-state index in [4.69, 9.17) is 5.11 Å². The maximum Gasteiger partial charge on any atom is 0.325 e. The van der Waals surface area contributed by atoms with Crippen LogP contribution in [-0.2, 0) is 30.7 Å². The number of carboxylic acids is 1. The SMILES string of the molecule is CC1CCc2c(C(=O)NCc3cn(CC(=O)O)nn3)csc2C1. The van der Waals surface area contributed by atoms with E-state index in [1.165, 1.54) is 21.3 Å². The summed E-state index contributed by atoms with van der Waals surface area (Å²) >= 11 is 1.66. The van der Waals surface area contributed by atoms with Crippen molar-refractivity contribution in [2.45, 2.75) is 39.3 Å². The Bertz CT molecular complexity index is 737. The fourth-order valence-corrected chi connectivity index (χ4v) is 4.01. The molecule has 0 spiro atoms. The van der Waals surface area contributed by atoms with E-state index in [0.29, 0.717) is 11.6 Å². The number of nitrogens with one attached hydrogen (secondary N) is 1. The van der Waals surface area contributed by atoms with Crippen molar-refractivity contribution in [2.24, 2.45) is 5.92 Å². The molecular formula is C15H18N4O3S. The van der Waals surface area contributed by atoms with Gasteiger partial charge in [-0.25, -0.2) is 4.68 Å². The molecule has 2 heterocycles. The monoisotopic (exact) mass is 334 g/mol. The van der Waals surface area contributed by atoms with Crippen molar-refractivity contribution in [3.8, 4) is 0 Å². The van der Waals surface area contributed by atoms with Crippen molar-refractivity contribution in [1.29, 1.82) is 0 Å². The molecule has 1 aliphatic rings. The van der Waals surface area contributed by atoms with Gasteiger partial charge in [-0.15, -0.1) is 16.4 Å². The molecule has 0 aromatic carbocycles. The molecule has 8 heteroatoms. The van der Waals surface area contributed by atoms with Crippen molar-refractivity contribution in [3.63, 3.8) is 0 Å². The second-order valence-corrected chi connectivity index (χ2v) is 6.85. The van der Waals surface area contributed by atoms with E-state index >= 15 is 0 Å². The van der Waals surface area contributed by atoms with Crippen LogP contribution in [0.2, 0.25) is 0 Å². The van der Waals surface area contributed by atoms with E-state index in [1.54, 1.807) is 11.3 Å². The van der Waals surface area contributed by atoms with Gasteiger partial charge in [0.1, 0.15) is 12.2 Å². The van der Waals surface area contributed by atoms with Crippen LogP contribution in [0.25, 0.3) is 0 Å². The highest BCUT2D eigenvalue weighted by Crippen LogP contribution is 2.32. The second kappa shape index (κ2) is 6.49. The zero-order valence-electron chi connectivity index (χ0n) is 12.8. The standard InChI is InChI=1S/C15H18N4O3S/c1-9-2-3-11-12(8-23-13(11)4-9)15(22)16-5-10-6-19(18-17-10)7-14(20)21/h6,8-9H,2-5,7H2,1H3,(H,16,22)(H,20,21). The molecule has 122 valence electrons. The Balaban J connectivity index is 1.62. The number of carboxylic acid groups (broad SMARTS) is 1. The van der Waals surface area contributed by atoms with E-state index in [0.717, 1.165) is 24.8 Å². The molecule has 0 aliphatic heterocycles. The van der Waals surface area contributed by atoms with Gasteiger partial charge in [0.05, 0.1) is 18.3 Å². The van der Waals surface area contributed by atoms with Gasteiger partial charge in [-0.3, -0.25) is 9.59 Å². The average Bonchev–Trinajstić information content (AvgIpc) is 3.10. The van der Waals surface area contributed by atoms with Crippen molar-refractivity contribution in [2.75, 3.05) is 0 Å². The van der Waals surface area contributed by atoms with Gasteiger partial charge in [-0.1, -0.05) is 12.1 Å². The molecule has 1 aliphatic carbocycles. The summed E-state index contributed by atoms with van der Waals surface area (Å²) < 4.78 is 1.23. The zero-order valence-corrected chi connectivity index (χ0v) is 13.6. The third kappa shape index (κ3) is 3.58. The summed E-state index contributed by atoms with van der Waals surface area (Å²) in [4.78, 5) is 24.3. The fourth-order valence-electron chi connectivity index (χ4n) is 2.77. The average molecular weight is 334 g/mol. The third-order valence-electron chi connectivity index (χ3n) is 3.96. The lowest BCUT2D eigenvalue weighted by Crippen LogP contribution is -2.24. The quantitative estimate of drug-likeness (QED) is 0.863. The predicted molar refractivity (Wildman–Crippen MR) is 84.3 cm³/mol. The van der Waals surface area contributed by atoms with Crippen LogP contribution in [0.5, 0.6) is 0 Å². The Morgan fingerprint density at radius 1 is 1.52 bits per heavy atom. The molecule has 2 aromatic rings. The topological polar surface area (TPSA) is 97.1 Å². The van der Waals surface area contributed by atoms with Crippen LogP contribution < -0.4 is 5.32 Å². The number of fused-ring (bicyclic) bond motifs is 1. The molecule has 23 heavy (non-hydrogen) atoms. The van der Waals surface area contributed by atoms with Gasteiger partial charge in [0.2, 0.25) is 0 Å². The van der Waals surface area contributed by atoms with Crippen molar-refractivity contribution in [1.82, 2.24) is 20.3 Å². The van der Waals surface area contributed by atoms with Gasteiger partial charge >= 0.3 is 5.97 Å². The summed E-state index contributed by atoms with van der Waals surface area (Å²) in [5, 5.41) is 21.0. The second-order valence-electron chi connectivity index (χ2n) is 5.88. The maximum absolute atomic E-state index is 12.4. The Hall–Kier alpha value is -2.22. The molecule has 0 saturated carbocycles. The molecule has 2 aromatic heterocycles. The lowest BCUT2D eigenvalue weighted by atomic mass is 9.88. The lowest BCUT2D eigenvalue weighted by molar-refractivity contribution is -0.137. The first-order valence-electron chi connectivity index (χ1n) is 7.51. The van der Waals surface area contributed by atoms with Crippen LogP contribution >= 0.6 is 11.3 Å². The Morgan fingerprint density at radius 3 is 3.13 bits per heavy atom. The van der Waals surface area contributed by atoms with Gasteiger partial charge in [0.15, 0.2) is 0 Å². The van der Waals surface area contributed by atoms with E-state index in [1.807, 2.05) is 5.38 Å². The van der Waals surface area contributed by atoms with Crippen LogP contribution in [0.3, 0.4) is 0 Å². The number of hydrogen-bond donors (Lipinski definition) is 2. The molecule has 0 radical (unpaired) electrons. The first-order chi connectivity index (χ1) is 11.0. The minimum atomic E-state index is -0.982. The van der Waals surface area contributed by atoms with Crippen LogP contribution in [-0.4, -0.2) is 32.0 Å². The number of thiophene rings is 1. The molecule has 3 rings (SSSR count). The van der Waals surface area contributed by atoms with Crippen LogP contribution in [0, 0.1) is 5.92 Å². The van der Waals surface area contributed by atoms with Gasteiger partial charge in [0, 0.05) is 10.3 Å². The highest BCUT2D eigenvalue weighted by molar-refractivity contribution is 7.10. The van der Waals surface area contributed by atoms with Gasteiger partial charge in [0.25, 0.3) is 5.91 Å². The summed E-state index contributed by atoms with van der Waals surface area (Å²) in [5.74, 6) is -0.407. The smallest absolute Gasteiger partial charge is 0.325 e. The molecule has 0 bridgehead atoms. The van der Waals surface area contributed by atoms with Crippen molar-refractivity contribution >= 4 is 23.2 Å². The molecule has 1 unspecified atom stereocenters. The number of rotatable bonds is 5. The number of amides is 1. The number of nitrogens with zero attached hydrogens (tertiary/aromatic N) is 3. The molecule has 1 atom stereocenters. The molecule has 0 saturated heterocycles. The Morgan fingerprint density at radius 2 is 2.35 bits per heavy atom. The number of carbonyl (C=O) groups is 2. The maximum atomic E-state index is 12.4. The van der Waals surface area contributed by atoms with Crippen molar-refractivity contribution < 1.29 is 14.7 Å². The predicted octanol–water partition coefficient (Wildman–Crippen LogP) is 1.48. The van der Waals surface area contributed by atoms with Crippen molar-refractivity contribution in [3.05, 3.63) is 33.3 Å². The van der Waals surface area contributed by atoms with Crippen LogP contribution in [0.1, 0.15) is 39.8 Å². The minimum Gasteiger partial charge on any atom is -0.480 e. The number of hydrogen-bond acceptors (Lipinski definition) is 5. The first kappa shape index (κ1) is 15.7. The van der Waals surface area contributed by atoms with E-state index < -0.39 is 5.97 Å². The normalized spacial score (nSPS) is 16.8. The summed E-state index contributed by atoms with van der Waals surface area (Å²) in [6.07, 6.45) is 4.65. The van der Waals surface area contributed by atoms with Crippen LogP contribution in [0.4, 0.5) is 0 Å². The van der Waals surface area contributed by atoms with Crippen LogP contribution in [0.15, 0.2) is 11.6 Å². The summed E-state index contributed by atoms with van der Waals surface area (Å²) in [7, 11) is 0. The number of aromatic nitrogens is 3. The highest BCUT2D eigenvalue weighted by Gasteiger charge is 2.23. The largest absolute Gasteiger partial charge is 0.480 e. The molecule has 1 amide bonds. The highest BCUT2D eigenvalue weighted by atomic mass is 32.1. The molecule has 2 N–H and O–H groups in total. The molecule has 0 fully saturated rings. The van der Waals surface area contributed by atoms with Gasteiger partial charge < -0.3 is 10.4 Å². The molecule has 7 nitrogen and oxygen atoms in total. The number of carbonyl (C=O) groups excluding carboxylic acids is 1. The minimum absolute atomic E-state index is 0.107.